The highest BCUT2D eigenvalue weighted by atomic mass is 32.1. The first-order valence-electron chi connectivity index (χ1n) is 12.8. The number of aliphatic hydroxyl groups excluding tert-OH is 1. The molecule has 0 spiro atoms. The van der Waals surface area contributed by atoms with Gasteiger partial charge in [-0.05, 0) is 42.2 Å². The van der Waals surface area contributed by atoms with Crippen LogP contribution in [0.2, 0.25) is 0 Å². The van der Waals surface area contributed by atoms with Gasteiger partial charge in [0.2, 0.25) is 5.78 Å². The molecule has 7 nitrogen and oxygen atoms in total. The monoisotopic (exact) mass is 539 g/mol. The fourth-order valence-electron chi connectivity index (χ4n) is 4.55. The standard InChI is InChI=1S/C31H29N3O4S/c1-19(2)18-38-24-13-7-12-23(15-24)26-25(28(36)31(37)34(26)17-21-9-8-14-32-16-21)27(35)29-20(3)33-30(39-29)22-10-5-4-6-11-22/h4-16,19,26,36H,17-18H2,1-3H3. The van der Waals surface area contributed by atoms with Crippen molar-refractivity contribution in [1.29, 1.82) is 0 Å². The van der Waals surface area contributed by atoms with Crippen molar-refractivity contribution in [3.63, 3.8) is 0 Å². The van der Waals surface area contributed by atoms with Gasteiger partial charge < -0.3 is 14.7 Å². The van der Waals surface area contributed by atoms with Gasteiger partial charge in [0.05, 0.1) is 28.8 Å². The van der Waals surface area contributed by atoms with Crippen molar-refractivity contribution < 1.29 is 19.4 Å². The lowest BCUT2D eigenvalue weighted by Crippen LogP contribution is -2.30. The number of hydrogen-bond donors (Lipinski definition) is 1. The predicted molar refractivity (Wildman–Crippen MR) is 151 cm³/mol. The highest BCUT2D eigenvalue weighted by Gasteiger charge is 2.44. The number of aryl methyl sites for hydroxylation is 1. The quantitative estimate of drug-likeness (QED) is 0.250. The van der Waals surface area contributed by atoms with Crippen molar-refractivity contribution in [1.82, 2.24) is 14.9 Å². The van der Waals surface area contributed by atoms with Gasteiger partial charge in [0, 0.05) is 24.5 Å². The molecule has 5 rings (SSSR count). The molecule has 198 valence electrons. The van der Waals surface area contributed by atoms with Crippen LogP contribution in [0.15, 0.2) is 90.5 Å². The molecule has 1 atom stereocenters. The number of aromatic nitrogens is 2. The number of hydrogen-bond acceptors (Lipinski definition) is 7. The van der Waals surface area contributed by atoms with Gasteiger partial charge in [-0.3, -0.25) is 14.6 Å². The lowest BCUT2D eigenvalue weighted by molar-refractivity contribution is -0.130. The summed E-state index contributed by atoms with van der Waals surface area (Å²) in [6.07, 6.45) is 3.33. The molecule has 8 heteroatoms. The summed E-state index contributed by atoms with van der Waals surface area (Å²) in [5.74, 6) is -0.598. The minimum absolute atomic E-state index is 0.0382. The second-order valence-electron chi connectivity index (χ2n) is 9.87. The molecule has 0 aliphatic carbocycles. The third-order valence-corrected chi connectivity index (χ3v) is 7.61. The lowest BCUT2D eigenvalue weighted by Gasteiger charge is -2.27. The minimum atomic E-state index is -0.811. The van der Waals surface area contributed by atoms with Gasteiger partial charge in [-0.15, -0.1) is 11.3 Å². The van der Waals surface area contributed by atoms with Crippen LogP contribution in [0, 0.1) is 12.8 Å². The lowest BCUT2D eigenvalue weighted by atomic mass is 9.94. The van der Waals surface area contributed by atoms with Crippen LogP contribution in [-0.2, 0) is 11.3 Å². The Morgan fingerprint density at radius 1 is 1.10 bits per heavy atom. The van der Waals surface area contributed by atoms with Crippen molar-refractivity contribution in [2.24, 2.45) is 5.92 Å². The van der Waals surface area contributed by atoms with E-state index >= 15 is 0 Å². The summed E-state index contributed by atoms with van der Waals surface area (Å²) in [6.45, 7) is 6.60. The highest BCUT2D eigenvalue weighted by molar-refractivity contribution is 7.17. The number of ether oxygens (including phenoxy) is 1. The Morgan fingerprint density at radius 2 is 1.90 bits per heavy atom. The third kappa shape index (κ3) is 5.47. The highest BCUT2D eigenvalue weighted by Crippen LogP contribution is 2.42. The molecule has 1 aliphatic heterocycles. The van der Waals surface area contributed by atoms with E-state index in [9.17, 15) is 14.7 Å². The van der Waals surface area contributed by atoms with E-state index < -0.39 is 23.5 Å². The molecule has 0 saturated carbocycles. The van der Waals surface area contributed by atoms with Crippen LogP contribution in [0.3, 0.4) is 0 Å². The molecule has 1 amide bonds. The third-order valence-electron chi connectivity index (χ3n) is 6.40. The van der Waals surface area contributed by atoms with E-state index in [0.717, 1.165) is 11.1 Å². The molecule has 2 aromatic carbocycles. The Balaban J connectivity index is 1.57. The Kier molecular flexibility index (Phi) is 7.56. The number of amides is 1. The van der Waals surface area contributed by atoms with Crippen molar-refractivity contribution >= 4 is 23.0 Å². The zero-order chi connectivity index (χ0) is 27.5. The van der Waals surface area contributed by atoms with Crippen LogP contribution in [0.4, 0.5) is 0 Å². The average Bonchev–Trinajstić information content (AvgIpc) is 3.46. The van der Waals surface area contributed by atoms with Crippen LogP contribution in [0.1, 0.15) is 46.4 Å². The molecule has 4 aromatic rings. The van der Waals surface area contributed by atoms with E-state index in [1.54, 1.807) is 25.4 Å². The molecule has 1 unspecified atom stereocenters. The number of ketones is 1. The Labute approximate surface area is 231 Å². The Hall–Kier alpha value is -4.30. The zero-order valence-electron chi connectivity index (χ0n) is 22.0. The molecular formula is C31H29N3O4S. The maximum atomic E-state index is 14.1. The topological polar surface area (TPSA) is 92.6 Å². The summed E-state index contributed by atoms with van der Waals surface area (Å²) in [5, 5.41) is 11.8. The number of pyridine rings is 1. The number of carbonyl (C=O) groups is 2. The van der Waals surface area contributed by atoms with Gasteiger partial charge in [-0.2, -0.15) is 0 Å². The van der Waals surface area contributed by atoms with Crippen molar-refractivity contribution in [2.75, 3.05) is 6.61 Å². The SMILES string of the molecule is Cc1nc(-c2ccccc2)sc1C(=O)C1=C(O)C(=O)N(Cc2cccnc2)C1c1cccc(OCC(C)C)c1. The summed E-state index contributed by atoms with van der Waals surface area (Å²) >= 11 is 1.26. The first-order valence-corrected chi connectivity index (χ1v) is 13.6. The van der Waals surface area contributed by atoms with Crippen LogP contribution < -0.4 is 4.74 Å². The molecule has 3 heterocycles. The molecule has 0 radical (unpaired) electrons. The molecule has 2 aromatic heterocycles. The Bertz CT molecular complexity index is 1530. The maximum Gasteiger partial charge on any atom is 0.290 e. The van der Waals surface area contributed by atoms with Gasteiger partial charge in [0.25, 0.3) is 5.91 Å². The number of thiazole rings is 1. The Morgan fingerprint density at radius 3 is 2.62 bits per heavy atom. The largest absolute Gasteiger partial charge is 0.503 e. The van der Waals surface area contributed by atoms with Crippen molar-refractivity contribution in [2.45, 2.75) is 33.4 Å². The number of aliphatic hydroxyl groups is 1. The normalized spacial score (nSPS) is 15.3. The molecule has 0 bridgehead atoms. The molecule has 1 N–H and O–H groups in total. The van der Waals surface area contributed by atoms with Gasteiger partial charge in [-0.25, -0.2) is 4.98 Å². The van der Waals surface area contributed by atoms with Gasteiger partial charge in [-0.1, -0.05) is 62.4 Å². The summed E-state index contributed by atoms with van der Waals surface area (Å²) in [5.41, 5.74) is 2.94. The van der Waals surface area contributed by atoms with E-state index in [1.165, 1.54) is 16.2 Å². The summed E-state index contributed by atoms with van der Waals surface area (Å²) in [4.78, 5) is 38.2. The van der Waals surface area contributed by atoms with Crippen molar-refractivity contribution in [3.8, 4) is 16.3 Å². The molecule has 0 saturated heterocycles. The first-order chi connectivity index (χ1) is 18.8. The van der Waals surface area contributed by atoms with Crippen LogP contribution >= 0.6 is 11.3 Å². The summed E-state index contributed by atoms with van der Waals surface area (Å²) < 4.78 is 5.94. The fraction of sp³-hybridized carbons (Fsp3) is 0.226. The molecule has 0 fully saturated rings. The van der Waals surface area contributed by atoms with Gasteiger partial charge >= 0.3 is 0 Å². The van der Waals surface area contributed by atoms with E-state index in [-0.39, 0.29) is 12.1 Å². The average molecular weight is 540 g/mol. The number of nitrogens with zero attached hydrogens (tertiary/aromatic N) is 3. The van der Waals surface area contributed by atoms with Crippen LogP contribution in [0.5, 0.6) is 5.75 Å². The first kappa shape index (κ1) is 26.3. The number of rotatable bonds is 9. The van der Waals surface area contributed by atoms with E-state index in [1.807, 2.05) is 60.7 Å². The second kappa shape index (κ2) is 11.2. The number of Topliss-reactive ketones (excluding diaryl/α,β-unsaturated/α-hetero) is 1. The fourth-order valence-corrected chi connectivity index (χ4v) is 5.58. The van der Waals surface area contributed by atoms with Gasteiger partial charge in [0.1, 0.15) is 10.8 Å². The van der Waals surface area contributed by atoms with Crippen molar-refractivity contribution in [3.05, 3.63) is 112 Å². The van der Waals surface area contributed by atoms with E-state index in [0.29, 0.717) is 39.4 Å². The van der Waals surface area contributed by atoms with Crippen LogP contribution in [0.25, 0.3) is 10.6 Å². The number of carbonyl (C=O) groups excluding carboxylic acids is 2. The second-order valence-corrected chi connectivity index (χ2v) is 10.9. The maximum absolute atomic E-state index is 14.1. The molecule has 39 heavy (non-hydrogen) atoms. The van der Waals surface area contributed by atoms with E-state index in [4.69, 9.17) is 4.74 Å². The molecule has 1 aliphatic rings. The predicted octanol–water partition coefficient (Wildman–Crippen LogP) is 6.33. The van der Waals surface area contributed by atoms with Gasteiger partial charge in [0.15, 0.2) is 5.76 Å². The van der Waals surface area contributed by atoms with Crippen LogP contribution in [-0.4, -0.2) is 38.3 Å². The zero-order valence-corrected chi connectivity index (χ0v) is 22.8. The summed E-state index contributed by atoms with van der Waals surface area (Å²) in [6, 6.07) is 19.8. The summed E-state index contributed by atoms with van der Waals surface area (Å²) in [7, 11) is 0. The minimum Gasteiger partial charge on any atom is -0.503 e. The molecular weight excluding hydrogens is 510 g/mol. The van der Waals surface area contributed by atoms with E-state index in [2.05, 4.69) is 23.8 Å². The number of benzene rings is 2. The smallest absolute Gasteiger partial charge is 0.290 e.